The Bertz CT molecular complexity index is 924. The fourth-order valence-corrected chi connectivity index (χ4v) is 3.96. The molecule has 162 valence electrons. The molecule has 3 rings (SSSR count). The Morgan fingerprint density at radius 2 is 1.43 bits per heavy atom. The standard InChI is InChI=1S/C25H34N2O3/c1-5-6-7-8-9-10-13-16-27-21-15-12-11-14-20(21)26-25(27)19-17-22(28-2)24(30-4)23(18-19)29-3/h11-12,14-15,17-18H,5-10,13,16H2,1-4H3. The third-order valence-electron chi connectivity index (χ3n) is 5.56. The quantitative estimate of drug-likeness (QED) is 0.321. The lowest BCUT2D eigenvalue weighted by Crippen LogP contribution is -2.02. The monoisotopic (exact) mass is 410 g/mol. The maximum atomic E-state index is 5.56. The van der Waals surface area contributed by atoms with E-state index < -0.39 is 0 Å². The van der Waals surface area contributed by atoms with Crippen LogP contribution in [-0.2, 0) is 6.54 Å². The van der Waals surface area contributed by atoms with E-state index in [4.69, 9.17) is 19.2 Å². The Kier molecular flexibility index (Phi) is 8.00. The van der Waals surface area contributed by atoms with Gasteiger partial charge in [-0.25, -0.2) is 4.98 Å². The van der Waals surface area contributed by atoms with Crippen molar-refractivity contribution in [3.63, 3.8) is 0 Å². The van der Waals surface area contributed by atoms with Crippen LogP contribution in [0.3, 0.4) is 0 Å². The molecule has 5 nitrogen and oxygen atoms in total. The number of fused-ring (bicyclic) bond motifs is 1. The average Bonchev–Trinajstić information content (AvgIpc) is 3.16. The first-order chi connectivity index (χ1) is 14.7. The van der Waals surface area contributed by atoms with E-state index in [0.717, 1.165) is 35.4 Å². The van der Waals surface area contributed by atoms with Crippen LogP contribution in [0.15, 0.2) is 36.4 Å². The Morgan fingerprint density at radius 1 is 0.800 bits per heavy atom. The van der Waals surface area contributed by atoms with Gasteiger partial charge in [-0.15, -0.1) is 0 Å². The molecule has 0 saturated heterocycles. The van der Waals surface area contributed by atoms with Crippen molar-refractivity contribution in [2.45, 2.75) is 58.4 Å². The number of imidazole rings is 1. The number of nitrogens with zero attached hydrogens (tertiary/aromatic N) is 2. The molecule has 0 fully saturated rings. The molecule has 30 heavy (non-hydrogen) atoms. The molecule has 0 unspecified atom stereocenters. The molecule has 3 aromatic rings. The number of hydrogen-bond acceptors (Lipinski definition) is 4. The number of para-hydroxylation sites is 2. The summed E-state index contributed by atoms with van der Waals surface area (Å²) in [7, 11) is 4.90. The SMILES string of the molecule is CCCCCCCCCn1c(-c2cc(OC)c(OC)c(OC)c2)nc2ccccc21. The molecule has 0 aliphatic carbocycles. The predicted octanol–water partition coefficient (Wildman–Crippen LogP) is 6.48. The second-order valence-electron chi connectivity index (χ2n) is 7.61. The number of ether oxygens (including phenoxy) is 3. The van der Waals surface area contributed by atoms with Gasteiger partial charge < -0.3 is 18.8 Å². The van der Waals surface area contributed by atoms with Gasteiger partial charge in [0, 0.05) is 12.1 Å². The van der Waals surface area contributed by atoms with E-state index in [9.17, 15) is 0 Å². The van der Waals surface area contributed by atoms with Gasteiger partial charge in [0.15, 0.2) is 11.5 Å². The van der Waals surface area contributed by atoms with Gasteiger partial charge in [0.2, 0.25) is 5.75 Å². The number of rotatable bonds is 12. The van der Waals surface area contributed by atoms with Crippen LogP contribution in [0, 0.1) is 0 Å². The zero-order valence-corrected chi connectivity index (χ0v) is 18.7. The third kappa shape index (κ3) is 4.89. The first-order valence-electron chi connectivity index (χ1n) is 11.0. The molecule has 0 amide bonds. The number of unbranched alkanes of at least 4 members (excludes halogenated alkanes) is 6. The summed E-state index contributed by atoms with van der Waals surface area (Å²) in [4.78, 5) is 4.94. The van der Waals surface area contributed by atoms with Crippen LogP contribution in [0.25, 0.3) is 22.4 Å². The Morgan fingerprint density at radius 3 is 2.07 bits per heavy atom. The molecule has 5 heteroatoms. The van der Waals surface area contributed by atoms with E-state index >= 15 is 0 Å². The number of hydrogen-bond donors (Lipinski definition) is 0. The van der Waals surface area contributed by atoms with E-state index in [0.29, 0.717) is 17.2 Å². The summed E-state index contributed by atoms with van der Waals surface area (Å²) in [6.07, 6.45) is 9.00. The lowest BCUT2D eigenvalue weighted by molar-refractivity contribution is 0.324. The Balaban J connectivity index is 1.90. The second-order valence-corrected chi connectivity index (χ2v) is 7.61. The van der Waals surface area contributed by atoms with Crippen molar-refractivity contribution in [3.8, 4) is 28.6 Å². The van der Waals surface area contributed by atoms with Crippen LogP contribution in [-0.4, -0.2) is 30.9 Å². The minimum absolute atomic E-state index is 0.596. The van der Waals surface area contributed by atoms with Crippen LogP contribution in [0.2, 0.25) is 0 Å². The first kappa shape index (κ1) is 22.0. The number of methoxy groups -OCH3 is 3. The highest BCUT2D eigenvalue weighted by Crippen LogP contribution is 2.41. The minimum Gasteiger partial charge on any atom is -0.493 e. The number of benzene rings is 2. The lowest BCUT2D eigenvalue weighted by atomic mass is 10.1. The van der Waals surface area contributed by atoms with Gasteiger partial charge in [0.1, 0.15) is 5.82 Å². The molecule has 1 heterocycles. The molecular weight excluding hydrogens is 376 g/mol. The summed E-state index contributed by atoms with van der Waals surface area (Å²) < 4.78 is 18.9. The maximum absolute atomic E-state index is 5.56. The number of aryl methyl sites for hydroxylation is 1. The van der Waals surface area contributed by atoms with Gasteiger partial charge in [-0.1, -0.05) is 57.6 Å². The molecule has 1 aromatic heterocycles. The lowest BCUT2D eigenvalue weighted by Gasteiger charge is -2.15. The first-order valence-corrected chi connectivity index (χ1v) is 11.0. The molecule has 0 aliphatic heterocycles. The Hall–Kier alpha value is -2.69. The predicted molar refractivity (Wildman–Crippen MR) is 123 cm³/mol. The van der Waals surface area contributed by atoms with E-state index in [2.05, 4.69) is 29.7 Å². The highest BCUT2D eigenvalue weighted by atomic mass is 16.5. The molecule has 0 atom stereocenters. The van der Waals surface area contributed by atoms with Crippen LogP contribution in [0.4, 0.5) is 0 Å². The minimum atomic E-state index is 0.596. The molecule has 0 radical (unpaired) electrons. The second kappa shape index (κ2) is 10.9. The summed E-state index contributed by atoms with van der Waals surface area (Å²) in [6.45, 7) is 3.20. The Labute approximate surface area is 180 Å². The fraction of sp³-hybridized carbons (Fsp3) is 0.480. The highest BCUT2D eigenvalue weighted by Gasteiger charge is 2.18. The summed E-state index contributed by atoms with van der Waals surface area (Å²) in [6, 6.07) is 12.3. The van der Waals surface area contributed by atoms with Gasteiger partial charge in [-0.05, 0) is 30.7 Å². The fourth-order valence-electron chi connectivity index (χ4n) is 3.96. The molecule has 0 aliphatic rings. The van der Waals surface area contributed by atoms with Gasteiger partial charge >= 0.3 is 0 Å². The van der Waals surface area contributed by atoms with E-state index in [-0.39, 0.29) is 0 Å². The molecule has 0 spiro atoms. The van der Waals surface area contributed by atoms with Crippen LogP contribution >= 0.6 is 0 Å². The molecule has 2 aromatic carbocycles. The van der Waals surface area contributed by atoms with Crippen molar-refractivity contribution in [3.05, 3.63) is 36.4 Å². The average molecular weight is 411 g/mol. The summed E-state index contributed by atoms with van der Waals surface area (Å²) in [5, 5.41) is 0. The van der Waals surface area contributed by atoms with Gasteiger partial charge in [-0.2, -0.15) is 0 Å². The van der Waals surface area contributed by atoms with Gasteiger partial charge in [0.25, 0.3) is 0 Å². The maximum Gasteiger partial charge on any atom is 0.203 e. The van der Waals surface area contributed by atoms with Crippen molar-refractivity contribution in [1.82, 2.24) is 9.55 Å². The van der Waals surface area contributed by atoms with Crippen molar-refractivity contribution < 1.29 is 14.2 Å². The van der Waals surface area contributed by atoms with Crippen LogP contribution < -0.4 is 14.2 Å². The van der Waals surface area contributed by atoms with E-state index in [1.807, 2.05) is 18.2 Å². The van der Waals surface area contributed by atoms with Gasteiger partial charge in [-0.3, -0.25) is 0 Å². The summed E-state index contributed by atoms with van der Waals surface area (Å²) in [5.41, 5.74) is 3.13. The molecule has 0 saturated carbocycles. The van der Waals surface area contributed by atoms with Crippen LogP contribution in [0.5, 0.6) is 17.2 Å². The zero-order chi connectivity index (χ0) is 21.3. The molecular formula is C25H34N2O3. The molecule has 0 N–H and O–H groups in total. The van der Waals surface area contributed by atoms with Crippen molar-refractivity contribution in [2.75, 3.05) is 21.3 Å². The number of aromatic nitrogens is 2. The normalized spacial score (nSPS) is 11.1. The highest BCUT2D eigenvalue weighted by molar-refractivity contribution is 5.81. The summed E-state index contributed by atoms with van der Waals surface area (Å²) in [5.74, 6) is 2.81. The zero-order valence-electron chi connectivity index (χ0n) is 18.7. The van der Waals surface area contributed by atoms with E-state index in [1.165, 1.54) is 38.5 Å². The van der Waals surface area contributed by atoms with Crippen molar-refractivity contribution >= 4 is 11.0 Å². The van der Waals surface area contributed by atoms with Crippen molar-refractivity contribution in [2.24, 2.45) is 0 Å². The molecule has 0 bridgehead atoms. The topological polar surface area (TPSA) is 45.5 Å². The van der Waals surface area contributed by atoms with Crippen molar-refractivity contribution in [1.29, 1.82) is 0 Å². The van der Waals surface area contributed by atoms with Gasteiger partial charge in [0.05, 0.1) is 32.4 Å². The third-order valence-corrected chi connectivity index (χ3v) is 5.56. The van der Waals surface area contributed by atoms with Crippen LogP contribution in [0.1, 0.15) is 51.9 Å². The van der Waals surface area contributed by atoms with E-state index in [1.54, 1.807) is 21.3 Å². The summed E-state index contributed by atoms with van der Waals surface area (Å²) >= 11 is 0. The smallest absolute Gasteiger partial charge is 0.203 e. The largest absolute Gasteiger partial charge is 0.493 e.